The zero-order valence-electron chi connectivity index (χ0n) is 17.3. The minimum absolute atomic E-state index is 0.275. The number of nitrogens with one attached hydrogen (secondary N) is 2. The van der Waals surface area contributed by atoms with Gasteiger partial charge in [-0.25, -0.2) is 14.8 Å². The van der Waals surface area contributed by atoms with Crippen LogP contribution in [0.4, 0.5) is 9.93 Å². The summed E-state index contributed by atoms with van der Waals surface area (Å²) in [5.41, 5.74) is 6.09. The van der Waals surface area contributed by atoms with Gasteiger partial charge in [0.2, 0.25) is 0 Å². The van der Waals surface area contributed by atoms with Crippen LogP contribution in [0.3, 0.4) is 0 Å². The van der Waals surface area contributed by atoms with Crippen molar-refractivity contribution in [1.82, 2.24) is 24.7 Å². The normalized spacial score (nSPS) is 10.9. The second kappa shape index (κ2) is 8.60. The number of anilines is 1. The van der Waals surface area contributed by atoms with Crippen LogP contribution in [0, 0.1) is 6.92 Å². The zero-order chi connectivity index (χ0) is 21.9. The monoisotopic (exact) mass is 440 g/mol. The van der Waals surface area contributed by atoms with Gasteiger partial charge in [-0.05, 0) is 53.9 Å². The third-order valence-corrected chi connectivity index (χ3v) is 5.87. The van der Waals surface area contributed by atoms with Crippen molar-refractivity contribution >= 4 is 28.1 Å². The van der Waals surface area contributed by atoms with Gasteiger partial charge in [-0.1, -0.05) is 18.2 Å². The fourth-order valence-corrected chi connectivity index (χ4v) is 4.15. The molecule has 0 saturated carbocycles. The summed E-state index contributed by atoms with van der Waals surface area (Å²) < 4.78 is 2.06. The van der Waals surface area contributed by atoms with Crippen molar-refractivity contribution in [3.05, 3.63) is 90.0 Å². The highest BCUT2D eigenvalue weighted by Crippen LogP contribution is 2.25. The Labute approximate surface area is 188 Å². The lowest BCUT2D eigenvalue weighted by atomic mass is 10.1. The van der Waals surface area contributed by atoms with Crippen molar-refractivity contribution in [3.63, 3.8) is 0 Å². The first kappa shape index (κ1) is 19.9. The van der Waals surface area contributed by atoms with Gasteiger partial charge in [-0.3, -0.25) is 14.7 Å². The van der Waals surface area contributed by atoms with E-state index in [4.69, 9.17) is 0 Å². The minimum atomic E-state index is -0.275. The molecule has 5 aromatic rings. The molecule has 2 N–H and O–H groups in total. The van der Waals surface area contributed by atoms with E-state index in [0.717, 1.165) is 38.5 Å². The molecular weight excluding hydrogens is 420 g/mol. The first-order chi connectivity index (χ1) is 15.7. The summed E-state index contributed by atoms with van der Waals surface area (Å²) in [4.78, 5) is 26.0. The van der Waals surface area contributed by atoms with E-state index in [2.05, 4.69) is 48.2 Å². The summed E-state index contributed by atoms with van der Waals surface area (Å²) >= 11 is 1.44. The summed E-state index contributed by atoms with van der Waals surface area (Å²) in [5.74, 6) is 0. The van der Waals surface area contributed by atoms with E-state index in [1.54, 1.807) is 18.6 Å². The van der Waals surface area contributed by atoms with Crippen LogP contribution in [0.1, 0.15) is 10.4 Å². The first-order valence-corrected chi connectivity index (χ1v) is 10.9. The maximum Gasteiger partial charge on any atom is 0.321 e. The Morgan fingerprint density at radius 2 is 1.88 bits per heavy atom. The average molecular weight is 441 g/mol. The van der Waals surface area contributed by atoms with E-state index < -0.39 is 0 Å². The highest BCUT2D eigenvalue weighted by atomic mass is 32.1. The van der Waals surface area contributed by atoms with E-state index in [-0.39, 0.29) is 6.03 Å². The number of urea groups is 1. The second-order valence-corrected chi connectivity index (χ2v) is 8.54. The number of fused-ring (bicyclic) bond motifs is 1. The molecule has 0 fully saturated rings. The highest BCUT2D eigenvalue weighted by Gasteiger charge is 2.09. The van der Waals surface area contributed by atoms with Crippen molar-refractivity contribution in [2.24, 2.45) is 0 Å². The third kappa shape index (κ3) is 4.21. The van der Waals surface area contributed by atoms with Gasteiger partial charge < -0.3 is 5.32 Å². The van der Waals surface area contributed by atoms with Gasteiger partial charge >= 0.3 is 6.03 Å². The van der Waals surface area contributed by atoms with E-state index in [0.29, 0.717) is 11.7 Å². The van der Waals surface area contributed by atoms with Crippen LogP contribution in [-0.4, -0.2) is 25.4 Å². The van der Waals surface area contributed by atoms with Crippen LogP contribution in [0.15, 0.2) is 79.5 Å². The molecule has 0 aliphatic rings. The van der Waals surface area contributed by atoms with E-state index in [1.807, 2.05) is 49.6 Å². The van der Waals surface area contributed by atoms with Crippen LogP contribution in [0.5, 0.6) is 0 Å². The maximum absolute atomic E-state index is 12.2. The minimum Gasteiger partial charge on any atom is -0.334 e. The molecule has 5 rings (SSSR count). The molecule has 7 nitrogen and oxygen atoms in total. The number of rotatable bonds is 5. The topological polar surface area (TPSA) is 84.2 Å². The molecule has 0 aliphatic heterocycles. The van der Waals surface area contributed by atoms with Gasteiger partial charge in [0.05, 0.1) is 11.9 Å². The number of nitrogens with zero attached hydrogens (tertiary/aromatic N) is 4. The predicted octanol–water partition coefficient (Wildman–Crippen LogP) is 5.15. The lowest BCUT2D eigenvalue weighted by Crippen LogP contribution is -2.28. The number of amides is 2. The standard InChI is InChI=1S/C24H20N6OS/c1-16-13-28-24(32-16)29-23(31)27-14-17-3-2-4-20(11-17)21-15-26-22-12-19(7-10-30(21)22)18-5-8-25-9-6-18/h2-13,15H,14H2,1H3,(H2,27,28,29,31). The Hall–Kier alpha value is -4.04. The number of hydrogen-bond donors (Lipinski definition) is 2. The Kier molecular flexibility index (Phi) is 5.35. The van der Waals surface area contributed by atoms with Crippen LogP contribution in [0.25, 0.3) is 28.0 Å². The number of aromatic nitrogens is 4. The van der Waals surface area contributed by atoms with E-state index in [9.17, 15) is 4.79 Å². The van der Waals surface area contributed by atoms with Crippen molar-refractivity contribution in [2.75, 3.05) is 5.32 Å². The summed E-state index contributed by atoms with van der Waals surface area (Å²) in [6.45, 7) is 2.36. The largest absolute Gasteiger partial charge is 0.334 e. The number of thiazole rings is 1. The van der Waals surface area contributed by atoms with Crippen molar-refractivity contribution in [3.8, 4) is 22.4 Å². The molecule has 4 aromatic heterocycles. The molecule has 2 amide bonds. The Morgan fingerprint density at radius 1 is 1.00 bits per heavy atom. The summed E-state index contributed by atoms with van der Waals surface area (Å²) in [6.07, 6.45) is 9.21. The van der Waals surface area contributed by atoms with E-state index in [1.165, 1.54) is 11.3 Å². The molecular formula is C24H20N6OS. The molecule has 4 heterocycles. The lowest BCUT2D eigenvalue weighted by Gasteiger charge is -2.08. The second-order valence-electron chi connectivity index (χ2n) is 7.31. The fourth-order valence-electron chi connectivity index (χ4n) is 3.49. The van der Waals surface area contributed by atoms with E-state index >= 15 is 0 Å². The molecule has 0 aliphatic carbocycles. The van der Waals surface area contributed by atoms with Gasteiger partial charge in [0.1, 0.15) is 5.65 Å². The van der Waals surface area contributed by atoms with Crippen LogP contribution in [0.2, 0.25) is 0 Å². The zero-order valence-corrected chi connectivity index (χ0v) is 18.1. The van der Waals surface area contributed by atoms with Gasteiger partial charge in [-0.2, -0.15) is 0 Å². The summed E-state index contributed by atoms with van der Waals surface area (Å²) in [7, 11) is 0. The van der Waals surface area contributed by atoms with Crippen molar-refractivity contribution < 1.29 is 4.79 Å². The van der Waals surface area contributed by atoms with Gasteiger partial charge in [0.15, 0.2) is 5.13 Å². The number of benzene rings is 1. The van der Waals surface area contributed by atoms with Crippen LogP contribution >= 0.6 is 11.3 Å². The summed E-state index contributed by atoms with van der Waals surface area (Å²) in [5, 5.41) is 6.23. The van der Waals surface area contributed by atoms with Gasteiger partial charge in [0, 0.05) is 41.8 Å². The smallest absolute Gasteiger partial charge is 0.321 e. The average Bonchev–Trinajstić information content (AvgIpc) is 3.44. The Bertz CT molecular complexity index is 1390. The number of aryl methyl sites for hydroxylation is 1. The molecule has 0 radical (unpaired) electrons. The number of imidazole rings is 1. The summed E-state index contributed by atoms with van der Waals surface area (Å²) in [6, 6.07) is 15.9. The fraction of sp³-hybridized carbons (Fsp3) is 0.0833. The molecule has 1 aromatic carbocycles. The van der Waals surface area contributed by atoms with Crippen LogP contribution < -0.4 is 10.6 Å². The number of pyridine rings is 2. The van der Waals surface area contributed by atoms with Crippen molar-refractivity contribution in [1.29, 1.82) is 0 Å². The maximum atomic E-state index is 12.2. The molecule has 0 atom stereocenters. The highest BCUT2D eigenvalue weighted by molar-refractivity contribution is 7.15. The van der Waals surface area contributed by atoms with Gasteiger partial charge in [-0.15, -0.1) is 11.3 Å². The van der Waals surface area contributed by atoms with Gasteiger partial charge in [0.25, 0.3) is 0 Å². The van der Waals surface area contributed by atoms with Crippen molar-refractivity contribution in [2.45, 2.75) is 13.5 Å². The molecule has 0 bridgehead atoms. The molecule has 0 unspecified atom stereocenters. The number of carbonyl (C=O) groups is 1. The molecule has 32 heavy (non-hydrogen) atoms. The Morgan fingerprint density at radius 3 is 2.69 bits per heavy atom. The Balaban J connectivity index is 1.33. The quantitative estimate of drug-likeness (QED) is 0.396. The third-order valence-electron chi connectivity index (χ3n) is 5.04. The number of hydrogen-bond acceptors (Lipinski definition) is 5. The predicted molar refractivity (Wildman–Crippen MR) is 127 cm³/mol. The first-order valence-electron chi connectivity index (χ1n) is 10.1. The van der Waals surface area contributed by atoms with Crippen LogP contribution in [-0.2, 0) is 6.54 Å². The SMILES string of the molecule is Cc1cnc(NC(=O)NCc2cccc(-c3cnc4cc(-c5ccncc5)ccn34)c2)s1. The number of carbonyl (C=O) groups excluding carboxylic acids is 1. The molecule has 8 heteroatoms. The molecule has 0 saturated heterocycles. The lowest BCUT2D eigenvalue weighted by molar-refractivity contribution is 0.251. The molecule has 0 spiro atoms. The molecule has 158 valence electrons.